The predicted molar refractivity (Wildman–Crippen MR) is 118 cm³/mol. The normalized spacial score (nSPS) is 14.4. The number of piperidine rings is 1. The van der Waals surface area contributed by atoms with Crippen molar-refractivity contribution >= 4 is 11.8 Å². The number of likely N-dealkylation sites (tertiary alicyclic amines) is 1. The Bertz CT molecular complexity index is 1260. The Morgan fingerprint density at radius 1 is 1.06 bits per heavy atom. The van der Waals surface area contributed by atoms with Gasteiger partial charge in [0.05, 0.1) is 18.0 Å². The highest BCUT2D eigenvalue weighted by molar-refractivity contribution is 5.97. The van der Waals surface area contributed by atoms with Gasteiger partial charge in [-0.25, -0.2) is 9.07 Å². The van der Waals surface area contributed by atoms with E-state index in [1.54, 1.807) is 46.1 Å². The summed E-state index contributed by atoms with van der Waals surface area (Å²) in [7, 11) is 0. The fourth-order valence-electron chi connectivity index (χ4n) is 4.08. The minimum atomic E-state index is -0.435. The van der Waals surface area contributed by atoms with E-state index >= 15 is 0 Å². The summed E-state index contributed by atoms with van der Waals surface area (Å²) in [5.41, 5.74) is 1.12. The smallest absolute Gasteiger partial charge is 0.257 e. The van der Waals surface area contributed by atoms with Gasteiger partial charge < -0.3 is 19.2 Å². The van der Waals surface area contributed by atoms with Crippen LogP contribution in [0.3, 0.4) is 0 Å². The third-order valence-electron chi connectivity index (χ3n) is 5.80. The van der Waals surface area contributed by atoms with E-state index in [1.165, 1.54) is 29.5 Å². The van der Waals surface area contributed by atoms with Crippen molar-refractivity contribution in [2.24, 2.45) is 0 Å². The quantitative estimate of drug-likeness (QED) is 0.508. The number of aromatic nitrogens is 3. The second-order valence-corrected chi connectivity index (χ2v) is 7.89. The SMILES string of the molecule is O=C(NC1CCN(C(=O)c2ccoc2)CC1)c1cnn(-c2ccccc2F)c1-n1cccc1. The Kier molecular flexibility index (Phi) is 5.52. The average molecular weight is 447 g/mol. The zero-order chi connectivity index (χ0) is 22.8. The number of rotatable bonds is 5. The van der Waals surface area contributed by atoms with Gasteiger partial charge in [0.1, 0.15) is 23.3 Å². The monoisotopic (exact) mass is 447 g/mol. The first-order valence-electron chi connectivity index (χ1n) is 10.7. The van der Waals surface area contributed by atoms with E-state index in [-0.39, 0.29) is 23.5 Å². The zero-order valence-corrected chi connectivity index (χ0v) is 17.7. The van der Waals surface area contributed by atoms with E-state index < -0.39 is 5.82 Å². The standard InChI is InChI=1S/C24H22FN5O3/c25-20-5-1-2-6-21(20)30-23(28-10-3-4-11-28)19(15-26-30)22(31)27-18-7-12-29(13-8-18)24(32)17-9-14-33-16-17/h1-6,9-11,14-16,18H,7-8,12-13H2,(H,27,31). The summed E-state index contributed by atoms with van der Waals surface area (Å²) in [4.78, 5) is 27.4. The van der Waals surface area contributed by atoms with Crippen molar-refractivity contribution in [1.29, 1.82) is 0 Å². The van der Waals surface area contributed by atoms with Crippen molar-refractivity contribution in [3.8, 4) is 11.5 Å². The van der Waals surface area contributed by atoms with Crippen LogP contribution in [0.4, 0.5) is 4.39 Å². The molecule has 0 saturated carbocycles. The van der Waals surface area contributed by atoms with Crippen LogP contribution in [0.1, 0.15) is 33.6 Å². The van der Waals surface area contributed by atoms with Crippen LogP contribution >= 0.6 is 0 Å². The van der Waals surface area contributed by atoms with Gasteiger partial charge in [-0.05, 0) is 43.2 Å². The summed E-state index contributed by atoms with van der Waals surface area (Å²) in [6.07, 6.45) is 9.20. The summed E-state index contributed by atoms with van der Waals surface area (Å²) in [5.74, 6) is -0.346. The van der Waals surface area contributed by atoms with Gasteiger partial charge in [-0.15, -0.1) is 0 Å². The number of halogens is 1. The van der Waals surface area contributed by atoms with Crippen LogP contribution in [0.25, 0.3) is 11.5 Å². The molecule has 1 N–H and O–H groups in total. The lowest BCUT2D eigenvalue weighted by Gasteiger charge is -2.32. The van der Waals surface area contributed by atoms with Crippen LogP contribution in [-0.4, -0.2) is 50.2 Å². The minimum Gasteiger partial charge on any atom is -0.472 e. The lowest BCUT2D eigenvalue weighted by molar-refractivity contribution is 0.0697. The molecule has 0 bridgehead atoms. The molecule has 0 spiro atoms. The topological polar surface area (TPSA) is 85.3 Å². The summed E-state index contributed by atoms with van der Waals surface area (Å²) < 4.78 is 22.6. The van der Waals surface area contributed by atoms with Gasteiger partial charge in [-0.3, -0.25) is 9.59 Å². The number of amides is 2. The van der Waals surface area contributed by atoms with E-state index in [2.05, 4.69) is 10.4 Å². The predicted octanol–water partition coefficient (Wildman–Crippen LogP) is 3.43. The first-order chi connectivity index (χ1) is 16.1. The molecule has 9 heteroatoms. The van der Waals surface area contributed by atoms with Crippen molar-refractivity contribution in [2.45, 2.75) is 18.9 Å². The molecule has 4 heterocycles. The number of para-hydroxylation sites is 1. The molecule has 1 fully saturated rings. The van der Waals surface area contributed by atoms with Crippen LogP contribution in [-0.2, 0) is 0 Å². The number of nitrogens with zero attached hydrogens (tertiary/aromatic N) is 4. The third kappa shape index (κ3) is 4.05. The Labute approximate surface area is 189 Å². The number of benzene rings is 1. The van der Waals surface area contributed by atoms with Crippen molar-refractivity contribution in [3.63, 3.8) is 0 Å². The van der Waals surface area contributed by atoms with Crippen LogP contribution < -0.4 is 5.32 Å². The molecule has 1 saturated heterocycles. The first kappa shape index (κ1) is 20.7. The first-order valence-corrected chi connectivity index (χ1v) is 10.7. The maximum Gasteiger partial charge on any atom is 0.257 e. The molecule has 1 aromatic carbocycles. The third-order valence-corrected chi connectivity index (χ3v) is 5.80. The summed E-state index contributed by atoms with van der Waals surface area (Å²) >= 11 is 0. The molecule has 168 valence electrons. The number of hydrogen-bond acceptors (Lipinski definition) is 4. The van der Waals surface area contributed by atoms with E-state index in [1.807, 2.05) is 12.1 Å². The lowest BCUT2D eigenvalue weighted by atomic mass is 10.0. The Hall–Kier alpha value is -4.14. The average Bonchev–Trinajstić information content (AvgIpc) is 3.61. The van der Waals surface area contributed by atoms with Crippen molar-refractivity contribution in [1.82, 2.24) is 24.6 Å². The second kappa shape index (κ2) is 8.78. The number of hydrogen-bond donors (Lipinski definition) is 1. The summed E-state index contributed by atoms with van der Waals surface area (Å²) in [5, 5.41) is 7.37. The Morgan fingerprint density at radius 2 is 1.82 bits per heavy atom. The zero-order valence-electron chi connectivity index (χ0n) is 17.7. The highest BCUT2D eigenvalue weighted by Crippen LogP contribution is 2.22. The van der Waals surface area contributed by atoms with Gasteiger partial charge in [-0.2, -0.15) is 5.10 Å². The van der Waals surface area contributed by atoms with Crippen molar-refractivity contribution < 1.29 is 18.4 Å². The van der Waals surface area contributed by atoms with E-state index in [0.29, 0.717) is 42.9 Å². The molecule has 1 aliphatic heterocycles. The van der Waals surface area contributed by atoms with Gasteiger partial charge in [0.25, 0.3) is 11.8 Å². The van der Waals surface area contributed by atoms with Gasteiger partial charge in [0, 0.05) is 31.5 Å². The van der Waals surface area contributed by atoms with Crippen LogP contribution in [0.2, 0.25) is 0 Å². The van der Waals surface area contributed by atoms with Crippen LogP contribution in [0.15, 0.2) is 78.0 Å². The Balaban J connectivity index is 1.33. The number of carbonyl (C=O) groups is 2. The fourth-order valence-corrected chi connectivity index (χ4v) is 4.08. The highest BCUT2D eigenvalue weighted by atomic mass is 19.1. The van der Waals surface area contributed by atoms with Gasteiger partial charge in [0.15, 0.2) is 5.82 Å². The number of carbonyl (C=O) groups excluding carboxylic acids is 2. The van der Waals surface area contributed by atoms with E-state index in [9.17, 15) is 14.0 Å². The molecule has 2 amide bonds. The summed E-state index contributed by atoms with van der Waals surface area (Å²) in [6, 6.07) is 11.5. The molecule has 3 aromatic heterocycles. The molecule has 1 aliphatic rings. The van der Waals surface area contributed by atoms with E-state index in [4.69, 9.17) is 4.42 Å². The molecule has 0 aliphatic carbocycles. The minimum absolute atomic E-state index is 0.0745. The summed E-state index contributed by atoms with van der Waals surface area (Å²) in [6.45, 7) is 1.07. The van der Waals surface area contributed by atoms with Crippen molar-refractivity contribution in [2.75, 3.05) is 13.1 Å². The number of nitrogens with one attached hydrogen (secondary N) is 1. The largest absolute Gasteiger partial charge is 0.472 e. The second-order valence-electron chi connectivity index (χ2n) is 7.89. The molecule has 5 rings (SSSR count). The van der Waals surface area contributed by atoms with Gasteiger partial charge in [-0.1, -0.05) is 12.1 Å². The van der Waals surface area contributed by atoms with Crippen LogP contribution in [0, 0.1) is 5.82 Å². The molecule has 0 atom stereocenters. The van der Waals surface area contributed by atoms with Gasteiger partial charge in [0.2, 0.25) is 0 Å². The molecule has 4 aromatic rings. The highest BCUT2D eigenvalue weighted by Gasteiger charge is 2.27. The molecule has 8 nitrogen and oxygen atoms in total. The maximum absolute atomic E-state index is 14.5. The van der Waals surface area contributed by atoms with Gasteiger partial charge >= 0.3 is 0 Å². The van der Waals surface area contributed by atoms with E-state index in [0.717, 1.165) is 0 Å². The molecular formula is C24H22FN5O3. The lowest BCUT2D eigenvalue weighted by Crippen LogP contribution is -2.46. The van der Waals surface area contributed by atoms with Crippen LogP contribution in [0.5, 0.6) is 0 Å². The fraction of sp³-hybridized carbons (Fsp3) is 0.208. The molecular weight excluding hydrogens is 425 g/mol. The Morgan fingerprint density at radius 3 is 2.52 bits per heavy atom. The number of furan rings is 1. The molecule has 0 radical (unpaired) electrons. The van der Waals surface area contributed by atoms with Crippen molar-refractivity contribution in [3.05, 3.63) is 90.5 Å². The maximum atomic E-state index is 14.5. The molecule has 33 heavy (non-hydrogen) atoms. The molecule has 0 unspecified atom stereocenters.